The summed E-state index contributed by atoms with van der Waals surface area (Å²) in [6, 6.07) is 9.99. The van der Waals surface area contributed by atoms with Gasteiger partial charge >= 0.3 is 0 Å². The van der Waals surface area contributed by atoms with Crippen molar-refractivity contribution in [2.75, 3.05) is 6.54 Å². The number of hydrogen-bond acceptors (Lipinski definition) is 2. The van der Waals surface area contributed by atoms with E-state index in [4.69, 9.17) is 16.3 Å². The lowest BCUT2D eigenvalue weighted by Gasteiger charge is -2.10. The van der Waals surface area contributed by atoms with Crippen LogP contribution >= 0.6 is 27.5 Å². The molecule has 0 aliphatic carbocycles. The molecule has 0 atom stereocenters. The Morgan fingerprint density at radius 1 is 1.25 bits per heavy atom. The van der Waals surface area contributed by atoms with Crippen molar-refractivity contribution < 1.29 is 9.13 Å². The Labute approximate surface area is 131 Å². The van der Waals surface area contributed by atoms with E-state index in [9.17, 15) is 4.39 Å². The van der Waals surface area contributed by atoms with Gasteiger partial charge in [-0.2, -0.15) is 0 Å². The average Bonchev–Trinajstić information content (AvgIpc) is 2.41. The summed E-state index contributed by atoms with van der Waals surface area (Å²) in [4.78, 5) is 0. The van der Waals surface area contributed by atoms with Crippen molar-refractivity contribution in [2.45, 2.75) is 13.5 Å². The van der Waals surface area contributed by atoms with Crippen molar-refractivity contribution in [2.24, 2.45) is 0 Å². The molecule has 20 heavy (non-hydrogen) atoms. The molecule has 0 saturated carbocycles. The Balaban J connectivity index is 2.15. The second-order valence-corrected chi connectivity index (χ2v) is 5.53. The van der Waals surface area contributed by atoms with E-state index >= 15 is 0 Å². The third-order valence-corrected chi connectivity index (χ3v) is 3.56. The topological polar surface area (TPSA) is 21.3 Å². The molecule has 0 amide bonds. The minimum Gasteiger partial charge on any atom is -0.454 e. The van der Waals surface area contributed by atoms with E-state index in [0.717, 1.165) is 12.1 Å². The number of nitrogens with one attached hydrogen (secondary N) is 1. The van der Waals surface area contributed by atoms with E-state index in [0.29, 0.717) is 21.8 Å². The average molecular weight is 359 g/mol. The number of benzene rings is 2. The summed E-state index contributed by atoms with van der Waals surface area (Å²) in [5.74, 6) is 0.257. The van der Waals surface area contributed by atoms with Gasteiger partial charge in [-0.15, -0.1) is 0 Å². The van der Waals surface area contributed by atoms with Gasteiger partial charge in [-0.25, -0.2) is 4.39 Å². The van der Waals surface area contributed by atoms with Crippen LogP contribution in [0.3, 0.4) is 0 Å². The van der Waals surface area contributed by atoms with Gasteiger partial charge in [0.25, 0.3) is 0 Å². The zero-order valence-electron chi connectivity index (χ0n) is 10.9. The number of rotatable bonds is 5. The zero-order valence-corrected chi connectivity index (χ0v) is 13.3. The fourth-order valence-electron chi connectivity index (χ4n) is 1.68. The highest BCUT2D eigenvalue weighted by Crippen LogP contribution is 2.29. The van der Waals surface area contributed by atoms with Crippen LogP contribution in [0.25, 0.3) is 0 Å². The molecule has 2 rings (SSSR count). The largest absolute Gasteiger partial charge is 0.454 e. The van der Waals surface area contributed by atoms with Gasteiger partial charge in [0.05, 0.1) is 0 Å². The lowest BCUT2D eigenvalue weighted by molar-refractivity contribution is 0.442. The first kappa shape index (κ1) is 15.3. The number of halogens is 3. The van der Waals surface area contributed by atoms with Crippen LogP contribution < -0.4 is 10.1 Å². The van der Waals surface area contributed by atoms with E-state index in [1.165, 1.54) is 6.07 Å². The van der Waals surface area contributed by atoms with E-state index in [1.807, 2.05) is 13.0 Å². The minimum atomic E-state index is -0.424. The summed E-state index contributed by atoms with van der Waals surface area (Å²) < 4.78 is 19.9. The maximum atomic E-state index is 13.7. The molecule has 2 nitrogen and oxygen atoms in total. The van der Waals surface area contributed by atoms with E-state index < -0.39 is 5.82 Å². The van der Waals surface area contributed by atoms with Crippen LogP contribution in [0, 0.1) is 5.82 Å². The first-order valence-electron chi connectivity index (χ1n) is 6.22. The number of hydrogen-bond donors (Lipinski definition) is 1. The molecule has 0 radical (unpaired) electrons. The van der Waals surface area contributed by atoms with E-state index in [1.54, 1.807) is 24.3 Å². The third kappa shape index (κ3) is 3.95. The lowest BCUT2D eigenvalue weighted by Crippen LogP contribution is -2.11. The molecule has 1 N–H and O–H groups in total. The maximum absolute atomic E-state index is 13.7. The monoisotopic (exact) mass is 357 g/mol. The second kappa shape index (κ2) is 7.07. The molecule has 0 aromatic heterocycles. The van der Waals surface area contributed by atoms with Gasteiger partial charge in [-0.1, -0.05) is 40.5 Å². The first-order chi connectivity index (χ1) is 9.60. The van der Waals surface area contributed by atoms with Gasteiger partial charge in [-0.05, 0) is 42.4 Å². The molecule has 0 heterocycles. The Morgan fingerprint density at radius 2 is 2.05 bits per heavy atom. The summed E-state index contributed by atoms with van der Waals surface area (Å²) in [7, 11) is 0. The quantitative estimate of drug-likeness (QED) is 0.798. The van der Waals surface area contributed by atoms with Gasteiger partial charge in [0.1, 0.15) is 5.75 Å². The van der Waals surface area contributed by atoms with Crippen molar-refractivity contribution in [3.8, 4) is 11.5 Å². The van der Waals surface area contributed by atoms with E-state index in [-0.39, 0.29) is 5.75 Å². The predicted molar refractivity (Wildman–Crippen MR) is 83.0 cm³/mol. The smallest absolute Gasteiger partial charge is 0.166 e. The van der Waals surface area contributed by atoms with Gasteiger partial charge in [0.15, 0.2) is 11.6 Å². The molecular formula is C15H14BrClFNO. The van der Waals surface area contributed by atoms with Crippen molar-refractivity contribution in [1.82, 2.24) is 5.32 Å². The molecule has 0 bridgehead atoms. The van der Waals surface area contributed by atoms with Gasteiger partial charge in [-0.3, -0.25) is 0 Å². The standard InChI is InChI=1S/C15H14BrClFNO/c1-2-19-9-10-3-5-12(8-13(10)17)20-15-6-4-11(16)7-14(15)18/h3-8,19H,2,9H2,1H3. The van der Waals surface area contributed by atoms with Gasteiger partial charge in [0.2, 0.25) is 0 Å². The van der Waals surface area contributed by atoms with Crippen LogP contribution in [0.2, 0.25) is 5.02 Å². The molecule has 0 aliphatic heterocycles. The summed E-state index contributed by atoms with van der Waals surface area (Å²) >= 11 is 9.38. The van der Waals surface area contributed by atoms with Gasteiger partial charge in [0, 0.05) is 16.0 Å². The Bertz CT molecular complexity index is 606. The highest BCUT2D eigenvalue weighted by molar-refractivity contribution is 9.10. The molecule has 0 aliphatic rings. The predicted octanol–water partition coefficient (Wildman–Crippen LogP) is 5.14. The lowest BCUT2D eigenvalue weighted by atomic mass is 10.2. The van der Waals surface area contributed by atoms with Crippen molar-refractivity contribution in [1.29, 1.82) is 0 Å². The normalized spacial score (nSPS) is 10.6. The highest BCUT2D eigenvalue weighted by atomic mass is 79.9. The maximum Gasteiger partial charge on any atom is 0.166 e. The van der Waals surface area contributed by atoms with Crippen LogP contribution in [-0.4, -0.2) is 6.54 Å². The van der Waals surface area contributed by atoms with Crippen LogP contribution in [0.1, 0.15) is 12.5 Å². The van der Waals surface area contributed by atoms with Crippen LogP contribution in [-0.2, 0) is 6.54 Å². The molecule has 0 saturated heterocycles. The van der Waals surface area contributed by atoms with Crippen LogP contribution in [0.4, 0.5) is 4.39 Å². The second-order valence-electron chi connectivity index (χ2n) is 4.21. The van der Waals surface area contributed by atoms with Crippen molar-refractivity contribution >= 4 is 27.5 Å². The number of ether oxygens (including phenoxy) is 1. The summed E-state index contributed by atoms with van der Waals surface area (Å²) in [6.07, 6.45) is 0. The van der Waals surface area contributed by atoms with Crippen LogP contribution in [0.5, 0.6) is 11.5 Å². The molecule has 106 valence electrons. The van der Waals surface area contributed by atoms with Crippen molar-refractivity contribution in [3.05, 3.63) is 57.3 Å². The molecule has 2 aromatic rings. The summed E-state index contributed by atoms with van der Waals surface area (Å²) in [5, 5.41) is 3.80. The van der Waals surface area contributed by atoms with Crippen LogP contribution in [0.15, 0.2) is 40.9 Å². The van der Waals surface area contributed by atoms with Gasteiger partial charge < -0.3 is 10.1 Å². The third-order valence-electron chi connectivity index (χ3n) is 2.71. The minimum absolute atomic E-state index is 0.170. The zero-order chi connectivity index (χ0) is 14.5. The fraction of sp³-hybridized carbons (Fsp3) is 0.200. The Kier molecular flexibility index (Phi) is 5.40. The Morgan fingerprint density at radius 3 is 2.70 bits per heavy atom. The molecular weight excluding hydrogens is 345 g/mol. The van der Waals surface area contributed by atoms with Crippen molar-refractivity contribution in [3.63, 3.8) is 0 Å². The molecule has 0 spiro atoms. The fourth-order valence-corrected chi connectivity index (χ4v) is 2.25. The SMILES string of the molecule is CCNCc1ccc(Oc2ccc(Br)cc2F)cc1Cl. The first-order valence-corrected chi connectivity index (χ1v) is 7.39. The Hall–Kier alpha value is -1.10. The summed E-state index contributed by atoms with van der Waals surface area (Å²) in [6.45, 7) is 3.60. The van der Waals surface area contributed by atoms with E-state index in [2.05, 4.69) is 21.2 Å². The molecule has 0 unspecified atom stereocenters. The summed E-state index contributed by atoms with van der Waals surface area (Å²) in [5.41, 5.74) is 0.983. The molecule has 5 heteroatoms. The molecule has 2 aromatic carbocycles. The molecule has 0 fully saturated rings. The highest BCUT2D eigenvalue weighted by Gasteiger charge is 2.07.